The van der Waals surface area contributed by atoms with Gasteiger partial charge in [-0.3, -0.25) is 4.79 Å². The fourth-order valence-corrected chi connectivity index (χ4v) is 1.36. The maximum absolute atomic E-state index is 12.4. The molecule has 0 aliphatic heterocycles. The molecule has 0 radical (unpaired) electrons. The van der Waals surface area contributed by atoms with Crippen LogP contribution in [-0.2, 0) is 11.0 Å². The lowest BCUT2D eigenvalue weighted by atomic mass is 10.1. The van der Waals surface area contributed by atoms with E-state index in [-0.39, 0.29) is 11.3 Å². The molecule has 1 aromatic carbocycles. The highest BCUT2D eigenvalue weighted by Gasteiger charge is 2.30. The molecule has 7 heteroatoms. The molecule has 0 atom stereocenters. The molecular weight excluding hydrogens is 285 g/mol. The van der Waals surface area contributed by atoms with Crippen molar-refractivity contribution in [1.82, 2.24) is 0 Å². The molecule has 0 saturated heterocycles. The molecule has 1 rings (SSSR count). The Bertz CT molecular complexity index is 638. The summed E-state index contributed by atoms with van der Waals surface area (Å²) in [5, 5.41) is 20.6. The van der Waals surface area contributed by atoms with Crippen LogP contribution < -0.4 is 5.32 Å². The minimum atomic E-state index is -4.47. The van der Waals surface area contributed by atoms with Gasteiger partial charge in [0.05, 0.1) is 5.56 Å². The number of halogens is 3. The Labute approximate surface area is 118 Å². The van der Waals surface area contributed by atoms with Gasteiger partial charge in [-0.25, -0.2) is 0 Å². The highest BCUT2D eigenvalue weighted by molar-refractivity contribution is 6.07. The highest BCUT2D eigenvalue weighted by Crippen LogP contribution is 2.29. The first-order valence-electron chi connectivity index (χ1n) is 5.64. The van der Waals surface area contributed by atoms with E-state index in [1.165, 1.54) is 13.0 Å². The van der Waals surface area contributed by atoms with Gasteiger partial charge in [-0.2, -0.15) is 18.4 Å². The van der Waals surface area contributed by atoms with Gasteiger partial charge in [-0.15, -0.1) is 0 Å². The second-order valence-corrected chi connectivity index (χ2v) is 4.14. The number of hydrogen-bond acceptors (Lipinski definition) is 3. The smallest absolute Gasteiger partial charge is 0.416 e. The van der Waals surface area contributed by atoms with Gasteiger partial charge >= 0.3 is 6.18 Å². The van der Waals surface area contributed by atoms with Crippen LogP contribution in [0.1, 0.15) is 12.5 Å². The van der Waals surface area contributed by atoms with Gasteiger partial charge in [0.25, 0.3) is 5.91 Å². The molecule has 0 unspecified atom stereocenters. The molecule has 0 bridgehead atoms. The summed E-state index contributed by atoms with van der Waals surface area (Å²) in [5.41, 5.74) is -1.24. The number of aliphatic hydroxyl groups is 1. The monoisotopic (exact) mass is 296 g/mol. The van der Waals surface area contributed by atoms with E-state index in [2.05, 4.69) is 11.9 Å². The van der Waals surface area contributed by atoms with Gasteiger partial charge in [0.1, 0.15) is 11.8 Å². The first-order chi connectivity index (χ1) is 9.66. The Morgan fingerprint density at radius 2 is 1.86 bits per heavy atom. The second-order valence-electron chi connectivity index (χ2n) is 4.14. The number of aliphatic hydroxyl groups excluding tert-OH is 1. The summed E-state index contributed by atoms with van der Waals surface area (Å²) in [4.78, 5) is 11.8. The number of alkyl halides is 3. The lowest BCUT2D eigenvalue weighted by Crippen LogP contribution is -2.16. The summed E-state index contributed by atoms with van der Waals surface area (Å²) in [6.07, 6.45) is -4.47. The molecule has 21 heavy (non-hydrogen) atoms. The van der Waals surface area contributed by atoms with Gasteiger partial charge < -0.3 is 10.4 Å². The number of carbonyl (C=O) groups excluding carboxylic acids is 1. The van der Waals surface area contributed by atoms with Crippen molar-refractivity contribution in [3.05, 3.63) is 53.3 Å². The number of nitrogens with zero attached hydrogens (tertiary/aromatic N) is 1. The van der Waals surface area contributed by atoms with Gasteiger partial charge in [-0.1, -0.05) is 6.58 Å². The van der Waals surface area contributed by atoms with E-state index in [4.69, 9.17) is 5.26 Å². The van der Waals surface area contributed by atoms with E-state index < -0.39 is 29.0 Å². The second kappa shape index (κ2) is 6.13. The van der Waals surface area contributed by atoms with Crippen molar-refractivity contribution in [2.24, 2.45) is 0 Å². The number of benzene rings is 1. The third-order valence-corrected chi connectivity index (χ3v) is 2.45. The van der Waals surface area contributed by atoms with E-state index in [0.29, 0.717) is 0 Å². The normalized spacial score (nSPS) is 12.1. The molecule has 0 fully saturated rings. The summed E-state index contributed by atoms with van der Waals surface area (Å²) in [7, 11) is 0. The summed E-state index contributed by atoms with van der Waals surface area (Å²) >= 11 is 0. The molecule has 0 aliphatic carbocycles. The Morgan fingerprint density at radius 3 is 2.24 bits per heavy atom. The summed E-state index contributed by atoms with van der Waals surface area (Å²) in [5.74, 6) is -1.50. The SMILES string of the molecule is C=C(C)/C(O)=C(\C#N)C(=O)Nc1ccc(C(F)(F)F)cc1. The topological polar surface area (TPSA) is 73.1 Å². The maximum atomic E-state index is 12.4. The minimum absolute atomic E-state index is 0.0651. The van der Waals surface area contributed by atoms with Gasteiger partial charge in [0, 0.05) is 5.69 Å². The quantitative estimate of drug-likeness (QED) is 0.388. The van der Waals surface area contributed by atoms with Crippen LogP contribution in [0.3, 0.4) is 0 Å². The number of nitriles is 1. The lowest BCUT2D eigenvalue weighted by Gasteiger charge is -2.09. The summed E-state index contributed by atoms with van der Waals surface area (Å²) in [6.45, 7) is 4.79. The van der Waals surface area contributed by atoms with Crippen LogP contribution >= 0.6 is 0 Å². The Hall–Kier alpha value is -2.75. The van der Waals surface area contributed by atoms with Crippen molar-refractivity contribution in [3.8, 4) is 6.07 Å². The first-order valence-corrected chi connectivity index (χ1v) is 5.64. The van der Waals surface area contributed by atoms with Crippen molar-refractivity contribution < 1.29 is 23.1 Å². The molecule has 0 heterocycles. The zero-order valence-electron chi connectivity index (χ0n) is 11.0. The lowest BCUT2D eigenvalue weighted by molar-refractivity contribution is -0.137. The number of allylic oxidation sites excluding steroid dienone is 1. The third-order valence-electron chi connectivity index (χ3n) is 2.45. The van der Waals surface area contributed by atoms with Crippen LogP contribution in [0.4, 0.5) is 18.9 Å². The zero-order valence-corrected chi connectivity index (χ0v) is 11.0. The van der Waals surface area contributed by atoms with Crippen LogP contribution in [0.15, 0.2) is 47.7 Å². The summed E-state index contributed by atoms with van der Waals surface area (Å²) in [6, 6.07) is 5.21. The standard InChI is InChI=1S/C14H11F3N2O2/c1-8(2)12(20)11(7-18)13(21)19-10-5-3-9(4-6-10)14(15,16)17/h3-6,20H,1H2,2H3,(H,19,21)/b12-11-. The third kappa shape index (κ3) is 4.11. The number of anilines is 1. The number of carbonyl (C=O) groups is 1. The van der Waals surface area contributed by atoms with Gasteiger partial charge in [0.15, 0.2) is 5.57 Å². The molecule has 0 saturated carbocycles. The van der Waals surface area contributed by atoms with Crippen molar-refractivity contribution >= 4 is 11.6 Å². The van der Waals surface area contributed by atoms with Crippen LogP contribution in [0.25, 0.3) is 0 Å². The zero-order chi connectivity index (χ0) is 16.2. The van der Waals surface area contributed by atoms with E-state index >= 15 is 0 Å². The van der Waals surface area contributed by atoms with Gasteiger partial charge in [0.2, 0.25) is 0 Å². The number of rotatable bonds is 3. The molecule has 0 spiro atoms. The number of hydrogen-bond donors (Lipinski definition) is 2. The summed E-state index contributed by atoms with van der Waals surface area (Å²) < 4.78 is 37.1. The number of amides is 1. The minimum Gasteiger partial charge on any atom is -0.506 e. The Kier molecular flexibility index (Phi) is 4.76. The molecule has 1 aromatic rings. The van der Waals surface area contributed by atoms with Crippen LogP contribution in [0, 0.1) is 11.3 Å². The molecular formula is C14H11F3N2O2. The van der Waals surface area contributed by atoms with Crippen molar-refractivity contribution in [2.45, 2.75) is 13.1 Å². The van der Waals surface area contributed by atoms with Crippen molar-refractivity contribution in [1.29, 1.82) is 5.26 Å². The van der Waals surface area contributed by atoms with Crippen molar-refractivity contribution in [2.75, 3.05) is 5.32 Å². The largest absolute Gasteiger partial charge is 0.506 e. The molecule has 2 N–H and O–H groups in total. The molecule has 4 nitrogen and oxygen atoms in total. The van der Waals surface area contributed by atoms with Crippen LogP contribution in [0.5, 0.6) is 0 Å². The Balaban J connectivity index is 2.97. The van der Waals surface area contributed by atoms with E-state index in [0.717, 1.165) is 24.3 Å². The van der Waals surface area contributed by atoms with E-state index in [1.807, 2.05) is 0 Å². The van der Waals surface area contributed by atoms with E-state index in [1.54, 1.807) is 0 Å². The molecule has 110 valence electrons. The van der Waals surface area contributed by atoms with Crippen LogP contribution in [-0.4, -0.2) is 11.0 Å². The average Bonchev–Trinajstić information content (AvgIpc) is 2.38. The predicted molar refractivity (Wildman–Crippen MR) is 70.2 cm³/mol. The fourth-order valence-electron chi connectivity index (χ4n) is 1.36. The molecule has 0 aromatic heterocycles. The number of nitrogens with one attached hydrogen (secondary N) is 1. The van der Waals surface area contributed by atoms with E-state index in [9.17, 15) is 23.1 Å². The van der Waals surface area contributed by atoms with Gasteiger partial charge in [-0.05, 0) is 36.8 Å². The van der Waals surface area contributed by atoms with Crippen molar-refractivity contribution in [3.63, 3.8) is 0 Å². The predicted octanol–water partition coefficient (Wildman–Crippen LogP) is 3.56. The average molecular weight is 296 g/mol. The molecule has 0 aliphatic rings. The fraction of sp³-hybridized carbons (Fsp3) is 0.143. The maximum Gasteiger partial charge on any atom is 0.416 e. The highest BCUT2D eigenvalue weighted by atomic mass is 19.4. The molecule has 1 amide bonds. The Morgan fingerprint density at radius 1 is 1.33 bits per heavy atom. The van der Waals surface area contributed by atoms with Crippen LogP contribution in [0.2, 0.25) is 0 Å². The first kappa shape index (κ1) is 16.3.